The number of hydrogen-bond acceptors (Lipinski definition) is 8. The number of nitrogens with one attached hydrogen (secondary N) is 1. The Balaban J connectivity index is 0.000000388. The number of hydrogen-bond donors (Lipinski definition) is 1. The van der Waals surface area contributed by atoms with E-state index in [0.717, 1.165) is 11.4 Å². The van der Waals surface area contributed by atoms with Crippen LogP contribution in [0, 0.1) is 28.1 Å². The molecule has 8 nitrogen and oxygen atoms in total. The van der Waals surface area contributed by atoms with Gasteiger partial charge in [0.15, 0.2) is 0 Å². The van der Waals surface area contributed by atoms with Crippen LogP contribution in [0.1, 0.15) is 46.3 Å². The Kier molecular flexibility index (Phi) is 9.78. The van der Waals surface area contributed by atoms with Gasteiger partial charge in [0.2, 0.25) is 12.0 Å². The molecule has 1 fully saturated rings. The molecule has 36 heavy (non-hydrogen) atoms. The number of carbonyl (C=O) groups is 2. The largest absolute Gasteiger partial charge is 0.457 e. The molecule has 0 radical (unpaired) electrons. The molecule has 194 valence electrons. The van der Waals surface area contributed by atoms with Gasteiger partial charge in [0.05, 0.1) is 5.92 Å². The third-order valence-corrected chi connectivity index (χ3v) is 10.2. The van der Waals surface area contributed by atoms with Crippen molar-refractivity contribution in [3.8, 4) is 17.6 Å². The highest BCUT2D eigenvalue weighted by Crippen LogP contribution is 2.68. The minimum absolute atomic E-state index is 0.123. The van der Waals surface area contributed by atoms with E-state index in [4.69, 9.17) is 9.47 Å². The van der Waals surface area contributed by atoms with Crippen molar-refractivity contribution < 1.29 is 28.2 Å². The maximum atomic E-state index is 12.6. The van der Waals surface area contributed by atoms with E-state index >= 15 is 0 Å². The highest BCUT2D eigenvalue weighted by molar-refractivity contribution is 8.55. The van der Waals surface area contributed by atoms with Gasteiger partial charge in [-0.2, -0.15) is 5.26 Å². The van der Waals surface area contributed by atoms with Crippen molar-refractivity contribution >= 4 is 30.0 Å². The minimum Gasteiger partial charge on any atom is -0.457 e. The third-order valence-electron chi connectivity index (χ3n) is 6.52. The van der Waals surface area contributed by atoms with Crippen molar-refractivity contribution in [2.45, 2.75) is 40.7 Å². The summed E-state index contributed by atoms with van der Waals surface area (Å²) < 4.78 is 27.1. The van der Waals surface area contributed by atoms with E-state index in [2.05, 4.69) is 43.4 Å². The molecule has 0 saturated heterocycles. The molecule has 0 spiro atoms. The monoisotopic (exact) mass is 532 g/mol. The van der Waals surface area contributed by atoms with Crippen molar-refractivity contribution in [1.82, 2.24) is 5.09 Å². The molecule has 1 aliphatic rings. The molecule has 1 N–H and O–H groups in total. The van der Waals surface area contributed by atoms with E-state index < -0.39 is 12.8 Å². The summed E-state index contributed by atoms with van der Waals surface area (Å²) in [5.74, 6) is 0.434. The van der Waals surface area contributed by atoms with Crippen LogP contribution in [-0.2, 0) is 23.4 Å². The number of nitrogens with zero attached hydrogens (tertiary/aromatic N) is 1. The highest BCUT2D eigenvalue weighted by atomic mass is 32.7. The lowest BCUT2D eigenvalue weighted by molar-refractivity contribution is -0.150. The van der Waals surface area contributed by atoms with Crippen LogP contribution in [0.25, 0.3) is 0 Å². The van der Waals surface area contributed by atoms with Gasteiger partial charge in [0.1, 0.15) is 17.6 Å². The van der Waals surface area contributed by atoms with Gasteiger partial charge in [-0.25, -0.2) is 0 Å². The molecule has 2 unspecified atom stereocenters. The molecule has 1 amide bonds. The first kappa shape index (κ1) is 29.4. The number of benzene rings is 2. The second-order valence-electron chi connectivity index (χ2n) is 9.34. The predicted octanol–water partition coefficient (Wildman–Crippen LogP) is 6.51. The summed E-state index contributed by atoms with van der Waals surface area (Å²) in [7, 11) is 1.30. The van der Waals surface area contributed by atoms with Crippen LogP contribution >= 0.6 is 18.1 Å². The molecule has 2 atom stereocenters. The Hall–Kier alpha value is -2.79. The summed E-state index contributed by atoms with van der Waals surface area (Å²) in [5.41, 5.74) is 0.357. The second kappa shape index (κ2) is 12.0. The van der Waals surface area contributed by atoms with E-state index in [1.54, 1.807) is 30.5 Å². The van der Waals surface area contributed by atoms with Crippen LogP contribution < -0.4 is 9.82 Å². The van der Waals surface area contributed by atoms with Crippen LogP contribution in [0.5, 0.6) is 11.5 Å². The van der Waals surface area contributed by atoms with E-state index in [-0.39, 0.29) is 28.6 Å². The van der Waals surface area contributed by atoms with Crippen molar-refractivity contribution in [3.05, 3.63) is 60.2 Å². The number of amides is 1. The van der Waals surface area contributed by atoms with Gasteiger partial charge in [0, 0.05) is 19.6 Å². The Bertz CT molecular complexity index is 1140. The fraction of sp³-hybridized carbons (Fsp3) is 0.423. The summed E-state index contributed by atoms with van der Waals surface area (Å²) in [6, 6.07) is 18.6. The normalized spacial score (nSPS) is 17.7. The second-order valence-corrected chi connectivity index (χ2v) is 13.8. The SMILES string of the molecule is CC1(C)C(C(=O)OC(C#N)c2cccc(Oc3ccccc3)c2)C1(C)C.COP(=O)(NC(C)=O)SC. The molecule has 3 rings (SSSR count). The number of carbonyl (C=O) groups excluding carboxylic acids is 2. The highest BCUT2D eigenvalue weighted by Gasteiger charge is 2.69. The van der Waals surface area contributed by atoms with Gasteiger partial charge >= 0.3 is 12.7 Å². The summed E-state index contributed by atoms with van der Waals surface area (Å²) in [4.78, 5) is 23.0. The van der Waals surface area contributed by atoms with E-state index in [1.807, 2.05) is 30.3 Å². The predicted molar refractivity (Wildman–Crippen MR) is 140 cm³/mol. The maximum absolute atomic E-state index is 12.6. The first-order valence-corrected chi connectivity index (χ1v) is 14.7. The summed E-state index contributed by atoms with van der Waals surface area (Å²) in [5, 5.41) is 11.7. The quantitative estimate of drug-likeness (QED) is 0.302. The molecular formula is C26H33N2O6PS. The maximum Gasteiger partial charge on any atom is 0.352 e. The summed E-state index contributed by atoms with van der Waals surface area (Å²) in [6.07, 6.45) is 0.661. The third kappa shape index (κ3) is 7.13. The lowest BCUT2D eigenvalue weighted by atomic mass is 10.0. The first-order valence-electron chi connectivity index (χ1n) is 11.2. The molecule has 1 aliphatic carbocycles. The Morgan fingerprint density at radius 3 is 2.08 bits per heavy atom. The molecule has 2 aromatic rings. The smallest absolute Gasteiger partial charge is 0.352 e. The number of esters is 1. The molecule has 0 aromatic heterocycles. The van der Waals surface area contributed by atoms with E-state index in [1.165, 1.54) is 14.0 Å². The first-order chi connectivity index (χ1) is 16.8. The van der Waals surface area contributed by atoms with Gasteiger partial charge in [-0.1, -0.05) is 69.4 Å². The topological polar surface area (TPSA) is 115 Å². The summed E-state index contributed by atoms with van der Waals surface area (Å²) in [6.45, 7) is 6.57. The number of nitriles is 1. The number of rotatable bonds is 8. The van der Waals surface area contributed by atoms with Crippen molar-refractivity contribution in [2.24, 2.45) is 16.7 Å². The minimum atomic E-state index is -2.92. The van der Waals surface area contributed by atoms with Crippen LogP contribution in [0.4, 0.5) is 0 Å². The van der Waals surface area contributed by atoms with Gasteiger partial charge in [-0.15, -0.1) is 0 Å². The molecular weight excluding hydrogens is 499 g/mol. The molecule has 0 heterocycles. The Morgan fingerprint density at radius 1 is 1.06 bits per heavy atom. The molecule has 10 heteroatoms. The van der Waals surface area contributed by atoms with Crippen LogP contribution in [-0.4, -0.2) is 25.2 Å². The zero-order valence-electron chi connectivity index (χ0n) is 21.6. The Labute approximate surface area is 217 Å². The van der Waals surface area contributed by atoms with E-state index in [0.29, 0.717) is 17.1 Å². The van der Waals surface area contributed by atoms with Crippen molar-refractivity contribution in [1.29, 1.82) is 5.26 Å². The van der Waals surface area contributed by atoms with Gasteiger partial charge in [0.25, 0.3) is 0 Å². The molecule has 2 aromatic carbocycles. The molecule has 1 saturated carbocycles. The zero-order chi connectivity index (χ0) is 27.1. The van der Waals surface area contributed by atoms with Crippen LogP contribution in [0.15, 0.2) is 54.6 Å². The average molecular weight is 533 g/mol. The number of ether oxygens (including phenoxy) is 2. The van der Waals surface area contributed by atoms with Crippen LogP contribution in [0.2, 0.25) is 0 Å². The fourth-order valence-corrected chi connectivity index (χ4v) is 5.69. The van der Waals surface area contributed by atoms with Gasteiger partial charge < -0.3 is 14.0 Å². The lowest BCUT2D eigenvalue weighted by Gasteiger charge is -2.14. The lowest BCUT2D eigenvalue weighted by Crippen LogP contribution is -2.15. The van der Waals surface area contributed by atoms with E-state index in [9.17, 15) is 19.4 Å². The fourth-order valence-electron chi connectivity index (χ4n) is 3.86. The van der Waals surface area contributed by atoms with Gasteiger partial charge in [-0.3, -0.25) is 19.2 Å². The number of para-hydroxylation sites is 1. The van der Waals surface area contributed by atoms with Crippen molar-refractivity contribution in [3.63, 3.8) is 0 Å². The van der Waals surface area contributed by atoms with Crippen molar-refractivity contribution in [2.75, 3.05) is 13.4 Å². The standard InChI is InChI=1S/C22H23NO3.C4H10NO3PS/c1-21(2)19(22(21,3)4)20(24)26-18(14-23)15-9-8-12-17(13-15)25-16-10-6-5-7-11-16;1-4(6)5-9(7,8-2)10-3/h5-13,18-19H,1-4H3;1-3H3,(H,5,6,7). The molecule has 0 bridgehead atoms. The Morgan fingerprint density at radius 2 is 1.64 bits per heavy atom. The van der Waals surface area contributed by atoms with Crippen LogP contribution in [0.3, 0.4) is 0 Å². The summed E-state index contributed by atoms with van der Waals surface area (Å²) >= 11 is 1.00. The van der Waals surface area contributed by atoms with Gasteiger partial charge in [-0.05, 0) is 41.4 Å². The average Bonchev–Trinajstić information content (AvgIpc) is 3.26. The molecule has 0 aliphatic heterocycles. The zero-order valence-corrected chi connectivity index (χ0v) is 23.3.